The van der Waals surface area contributed by atoms with E-state index in [9.17, 15) is 19.5 Å². The minimum Gasteiger partial charge on any atom is -0.481 e. The maximum absolute atomic E-state index is 12.0. The Morgan fingerprint density at radius 2 is 1.75 bits per heavy atom. The zero-order valence-electron chi connectivity index (χ0n) is 13.6. The summed E-state index contributed by atoms with van der Waals surface area (Å²) in [7, 11) is 0. The van der Waals surface area contributed by atoms with Crippen LogP contribution in [0.4, 0.5) is 0 Å². The van der Waals surface area contributed by atoms with Crippen molar-refractivity contribution in [1.82, 2.24) is 4.90 Å². The van der Waals surface area contributed by atoms with Crippen LogP contribution in [0.1, 0.15) is 31.7 Å². The largest absolute Gasteiger partial charge is 0.481 e. The van der Waals surface area contributed by atoms with Gasteiger partial charge in [0, 0.05) is 19.5 Å². The van der Waals surface area contributed by atoms with Gasteiger partial charge in [0.2, 0.25) is 5.91 Å². The predicted molar refractivity (Wildman–Crippen MR) is 92.1 cm³/mol. The van der Waals surface area contributed by atoms with Crippen LogP contribution in [0.25, 0.3) is 0 Å². The molecule has 0 aliphatic carbocycles. The number of carboxylic acid groups (broad SMARTS) is 1. The molecule has 0 saturated carbocycles. The second kappa shape index (κ2) is 8.26. The highest BCUT2D eigenvalue weighted by Gasteiger charge is 2.45. The number of carbonyl (C=O) groups excluding carboxylic acids is 2. The van der Waals surface area contributed by atoms with Gasteiger partial charge in [-0.05, 0) is 18.4 Å². The van der Waals surface area contributed by atoms with Crippen LogP contribution in [0.2, 0.25) is 0 Å². The number of likely N-dealkylation sites (tertiary alicyclic amines) is 1. The Labute approximate surface area is 147 Å². The van der Waals surface area contributed by atoms with E-state index in [-0.39, 0.29) is 24.6 Å². The van der Waals surface area contributed by atoms with Crippen LogP contribution in [0, 0.1) is 0 Å². The number of carbonyl (C=O) groups is 3. The van der Waals surface area contributed by atoms with E-state index in [1.165, 1.54) is 0 Å². The fourth-order valence-corrected chi connectivity index (χ4v) is 3.28. The predicted octanol–water partition coefficient (Wildman–Crippen LogP) is 1.36. The molecule has 3 N–H and O–H groups in total. The topological polar surface area (TPSA) is 101 Å². The molecule has 1 aliphatic heterocycles. The van der Waals surface area contributed by atoms with E-state index in [4.69, 9.17) is 5.73 Å². The van der Waals surface area contributed by atoms with Crippen molar-refractivity contribution in [2.75, 3.05) is 13.1 Å². The molecular weight excluding hydrogens is 332 g/mol. The SMILES string of the molecule is CCC(=O)C(C(N)=O)N1CCC(C(=O)O)(c2ccccc2)CC1.Cl. The van der Waals surface area contributed by atoms with Crippen LogP contribution < -0.4 is 5.73 Å². The maximum Gasteiger partial charge on any atom is 0.314 e. The molecule has 1 aromatic carbocycles. The number of primary amides is 1. The summed E-state index contributed by atoms with van der Waals surface area (Å²) in [6.45, 7) is 2.38. The Balaban J connectivity index is 0.00000288. The van der Waals surface area contributed by atoms with Crippen molar-refractivity contribution >= 4 is 30.1 Å². The molecule has 0 aromatic heterocycles. The lowest BCUT2D eigenvalue weighted by atomic mass is 9.72. The zero-order valence-corrected chi connectivity index (χ0v) is 14.4. The Morgan fingerprint density at radius 3 is 2.17 bits per heavy atom. The van der Waals surface area contributed by atoms with Crippen molar-refractivity contribution in [1.29, 1.82) is 0 Å². The van der Waals surface area contributed by atoms with Gasteiger partial charge >= 0.3 is 5.97 Å². The monoisotopic (exact) mass is 354 g/mol. The average molecular weight is 355 g/mol. The third-order valence-corrected chi connectivity index (χ3v) is 4.68. The number of Topliss-reactive ketones (excluding diaryl/α,β-unsaturated/α-hetero) is 1. The van der Waals surface area contributed by atoms with Crippen LogP contribution in [0.15, 0.2) is 30.3 Å². The number of nitrogens with two attached hydrogens (primary N) is 1. The van der Waals surface area contributed by atoms with Gasteiger partial charge in [-0.25, -0.2) is 0 Å². The Morgan fingerprint density at radius 1 is 1.21 bits per heavy atom. The Bertz CT molecular complexity index is 598. The number of benzene rings is 1. The molecule has 1 saturated heterocycles. The summed E-state index contributed by atoms with van der Waals surface area (Å²) in [5, 5.41) is 9.75. The fraction of sp³-hybridized carbons (Fsp3) is 0.471. The molecule has 0 radical (unpaired) electrons. The van der Waals surface area contributed by atoms with E-state index in [0.717, 1.165) is 5.56 Å². The zero-order chi connectivity index (χ0) is 17.0. The number of amides is 1. The number of rotatable bonds is 6. The third kappa shape index (κ3) is 3.76. The number of carboxylic acids is 1. The highest BCUT2D eigenvalue weighted by Crippen LogP contribution is 2.36. The van der Waals surface area contributed by atoms with Crippen molar-refractivity contribution in [3.8, 4) is 0 Å². The highest BCUT2D eigenvalue weighted by atomic mass is 35.5. The average Bonchev–Trinajstić information content (AvgIpc) is 2.55. The summed E-state index contributed by atoms with van der Waals surface area (Å²) in [5.74, 6) is -1.76. The van der Waals surface area contributed by atoms with Crippen LogP contribution in [-0.4, -0.2) is 46.8 Å². The molecule has 1 fully saturated rings. The number of piperidine rings is 1. The first-order valence-corrected chi connectivity index (χ1v) is 7.77. The first-order valence-electron chi connectivity index (χ1n) is 7.77. The molecule has 7 heteroatoms. The van der Waals surface area contributed by atoms with Crippen molar-refractivity contribution in [3.63, 3.8) is 0 Å². The smallest absolute Gasteiger partial charge is 0.314 e. The van der Waals surface area contributed by atoms with Crippen LogP contribution in [0.5, 0.6) is 0 Å². The van der Waals surface area contributed by atoms with E-state index in [1.807, 2.05) is 30.3 Å². The molecule has 1 heterocycles. The normalized spacial score (nSPS) is 18.2. The molecule has 24 heavy (non-hydrogen) atoms. The minimum absolute atomic E-state index is 0. The molecule has 0 bridgehead atoms. The Kier molecular flexibility index (Phi) is 6.93. The first kappa shape index (κ1) is 20.1. The summed E-state index contributed by atoms with van der Waals surface area (Å²) in [6.07, 6.45) is 0.910. The molecule has 1 atom stereocenters. The van der Waals surface area contributed by atoms with Crippen molar-refractivity contribution in [2.24, 2.45) is 5.73 Å². The summed E-state index contributed by atoms with van der Waals surface area (Å²) < 4.78 is 0. The molecular formula is C17H23ClN2O4. The van der Waals surface area contributed by atoms with E-state index in [1.54, 1.807) is 11.8 Å². The summed E-state index contributed by atoms with van der Waals surface area (Å²) in [4.78, 5) is 37.2. The van der Waals surface area contributed by atoms with Crippen molar-refractivity contribution < 1.29 is 19.5 Å². The van der Waals surface area contributed by atoms with Gasteiger partial charge in [0.1, 0.15) is 6.04 Å². The van der Waals surface area contributed by atoms with Crippen molar-refractivity contribution in [3.05, 3.63) is 35.9 Å². The maximum atomic E-state index is 12.0. The molecule has 2 rings (SSSR count). The molecule has 0 spiro atoms. The molecule has 6 nitrogen and oxygen atoms in total. The standard InChI is InChI=1S/C17H22N2O4.ClH/c1-2-13(20)14(15(18)21)19-10-8-17(9-11-19,16(22)23)12-6-4-3-5-7-12;/h3-7,14H,2,8-11H2,1H3,(H2,18,21)(H,22,23);1H. The van der Waals surface area contributed by atoms with E-state index in [2.05, 4.69) is 0 Å². The van der Waals surface area contributed by atoms with E-state index < -0.39 is 23.3 Å². The second-order valence-electron chi connectivity index (χ2n) is 5.91. The van der Waals surface area contributed by atoms with Gasteiger partial charge in [0.05, 0.1) is 5.41 Å². The quantitative estimate of drug-likeness (QED) is 0.751. The highest BCUT2D eigenvalue weighted by molar-refractivity contribution is 6.04. The van der Waals surface area contributed by atoms with Gasteiger partial charge in [0.25, 0.3) is 0 Å². The Hall–Kier alpha value is -1.92. The minimum atomic E-state index is -0.977. The lowest BCUT2D eigenvalue weighted by molar-refractivity contribution is -0.146. The van der Waals surface area contributed by atoms with E-state index >= 15 is 0 Å². The van der Waals surface area contributed by atoms with Gasteiger partial charge in [-0.3, -0.25) is 19.3 Å². The molecule has 1 unspecified atom stereocenters. The summed E-state index contributed by atoms with van der Waals surface area (Å²) in [5.41, 5.74) is 5.14. The third-order valence-electron chi connectivity index (χ3n) is 4.68. The van der Waals surface area contributed by atoms with Gasteiger partial charge < -0.3 is 10.8 Å². The molecule has 132 valence electrons. The number of nitrogens with zero attached hydrogens (tertiary/aromatic N) is 1. The first-order chi connectivity index (χ1) is 10.9. The fourth-order valence-electron chi connectivity index (χ4n) is 3.28. The number of hydrogen-bond donors (Lipinski definition) is 2. The summed E-state index contributed by atoms with van der Waals surface area (Å²) >= 11 is 0. The number of hydrogen-bond acceptors (Lipinski definition) is 4. The van der Waals surface area contributed by atoms with Gasteiger partial charge in [0.15, 0.2) is 5.78 Å². The molecule has 1 aliphatic rings. The van der Waals surface area contributed by atoms with Gasteiger partial charge in [-0.1, -0.05) is 37.3 Å². The van der Waals surface area contributed by atoms with E-state index in [0.29, 0.717) is 25.9 Å². The lowest BCUT2D eigenvalue weighted by Gasteiger charge is -2.41. The number of aliphatic carboxylic acids is 1. The van der Waals surface area contributed by atoms with Gasteiger partial charge in [-0.15, -0.1) is 12.4 Å². The molecule has 1 aromatic rings. The molecule has 1 amide bonds. The van der Waals surface area contributed by atoms with Crippen LogP contribution >= 0.6 is 12.4 Å². The number of ketones is 1. The van der Waals surface area contributed by atoms with Gasteiger partial charge in [-0.2, -0.15) is 0 Å². The van der Waals surface area contributed by atoms with Crippen molar-refractivity contribution in [2.45, 2.75) is 37.6 Å². The number of halogens is 1. The second-order valence-corrected chi connectivity index (χ2v) is 5.91. The summed E-state index contributed by atoms with van der Waals surface area (Å²) in [6, 6.07) is 8.15. The lowest BCUT2D eigenvalue weighted by Crippen LogP contribution is -2.56. The van der Waals surface area contributed by atoms with Crippen LogP contribution in [-0.2, 0) is 19.8 Å². The van der Waals surface area contributed by atoms with Crippen LogP contribution in [0.3, 0.4) is 0 Å².